The summed E-state index contributed by atoms with van der Waals surface area (Å²) < 4.78 is 5.69. The van der Waals surface area contributed by atoms with Gasteiger partial charge in [-0.05, 0) is 25.0 Å². The van der Waals surface area contributed by atoms with E-state index in [2.05, 4.69) is 22.1 Å². The molecule has 5 heteroatoms. The van der Waals surface area contributed by atoms with Gasteiger partial charge in [0.05, 0.1) is 11.9 Å². The Morgan fingerprint density at radius 1 is 1.10 bits per heavy atom. The van der Waals surface area contributed by atoms with Crippen molar-refractivity contribution in [2.75, 3.05) is 5.73 Å². The lowest BCUT2D eigenvalue weighted by molar-refractivity contribution is 0.485. The summed E-state index contributed by atoms with van der Waals surface area (Å²) in [5.74, 6) is 1.17. The molecule has 2 aromatic heterocycles. The molecule has 0 aliphatic carbocycles. The molecule has 5 nitrogen and oxygen atoms in total. The molecule has 0 radical (unpaired) electrons. The molecule has 0 bridgehead atoms. The molecule has 2 aromatic rings. The summed E-state index contributed by atoms with van der Waals surface area (Å²) in [4.78, 5) is 4.27. The quantitative estimate of drug-likeness (QED) is 0.745. The molecule has 0 aliphatic heterocycles. The zero-order valence-corrected chi connectivity index (χ0v) is 12.9. The molecule has 0 aromatic carbocycles. The Morgan fingerprint density at radius 3 is 2.62 bits per heavy atom. The van der Waals surface area contributed by atoms with E-state index in [-0.39, 0.29) is 0 Å². The number of aryl methyl sites for hydroxylation is 2. The fraction of sp³-hybridized carbons (Fsp3) is 0.562. The van der Waals surface area contributed by atoms with Gasteiger partial charge in [0.1, 0.15) is 5.69 Å². The van der Waals surface area contributed by atoms with Crippen molar-refractivity contribution < 1.29 is 4.42 Å². The molecule has 0 aliphatic rings. The van der Waals surface area contributed by atoms with E-state index in [1.54, 1.807) is 6.20 Å². The third-order valence-corrected chi connectivity index (χ3v) is 3.51. The minimum atomic E-state index is 0.480. The van der Waals surface area contributed by atoms with E-state index in [1.807, 2.05) is 13.0 Å². The van der Waals surface area contributed by atoms with Gasteiger partial charge in [-0.15, -0.1) is 10.2 Å². The second-order valence-corrected chi connectivity index (χ2v) is 5.45. The average Bonchev–Trinajstić information content (AvgIpc) is 2.91. The summed E-state index contributed by atoms with van der Waals surface area (Å²) in [5, 5.41) is 8.19. The van der Waals surface area contributed by atoms with Crippen LogP contribution < -0.4 is 5.73 Å². The van der Waals surface area contributed by atoms with Crippen LogP contribution in [0.25, 0.3) is 11.6 Å². The Bertz CT molecular complexity index is 565. The molecule has 0 fully saturated rings. The number of hydrogen-bond donors (Lipinski definition) is 1. The Hall–Kier alpha value is -1.91. The average molecular weight is 288 g/mol. The Kier molecular flexibility index (Phi) is 5.72. The fourth-order valence-corrected chi connectivity index (χ4v) is 2.33. The molecule has 2 rings (SSSR count). The van der Waals surface area contributed by atoms with Crippen LogP contribution in [0.3, 0.4) is 0 Å². The Morgan fingerprint density at radius 2 is 1.86 bits per heavy atom. The first-order chi connectivity index (χ1) is 10.2. The van der Waals surface area contributed by atoms with E-state index in [0.29, 0.717) is 23.2 Å². The predicted molar refractivity (Wildman–Crippen MR) is 83.8 cm³/mol. The second kappa shape index (κ2) is 7.76. The lowest BCUT2D eigenvalue weighted by Gasteiger charge is -2.00. The molecular weight excluding hydrogens is 264 g/mol. The van der Waals surface area contributed by atoms with Gasteiger partial charge in [0.15, 0.2) is 0 Å². The lowest BCUT2D eigenvalue weighted by Crippen LogP contribution is -1.92. The number of nitrogen functional groups attached to an aromatic ring is 1. The van der Waals surface area contributed by atoms with Crippen LogP contribution in [0.5, 0.6) is 0 Å². The highest BCUT2D eigenvalue weighted by molar-refractivity contribution is 5.56. The third-order valence-electron chi connectivity index (χ3n) is 3.51. The molecule has 2 N–H and O–H groups in total. The monoisotopic (exact) mass is 288 g/mol. The molecule has 0 unspecified atom stereocenters. The predicted octanol–water partition coefficient (Wildman–Crippen LogP) is 3.93. The van der Waals surface area contributed by atoms with Crippen LogP contribution >= 0.6 is 0 Å². The van der Waals surface area contributed by atoms with Crippen molar-refractivity contribution in [1.29, 1.82) is 0 Å². The number of aromatic nitrogens is 3. The Balaban J connectivity index is 1.86. The number of anilines is 1. The second-order valence-electron chi connectivity index (χ2n) is 5.45. The summed E-state index contributed by atoms with van der Waals surface area (Å²) in [6, 6.07) is 1.86. The van der Waals surface area contributed by atoms with Gasteiger partial charge in [-0.3, -0.25) is 0 Å². The summed E-state index contributed by atoms with van der Waals surface area (Å²) in [6.45, 7) is 4.17. The summed E-state index contributed by atoms with van der Waals surface area (Å²) in [7, 11) is 0. The van der Waals surface area contributed by atoms with Crippen LogP contribution in [-0.2, 0) is 6.42 Å². The number of unbranched alkanes of at least 4 members (excludes halogenated alkanes) is 5. The van der Waals surface area contributed by atoms with Crippen molar-refractivity contribution in [2.45, 2.75) is 58.8 Å². The zero-order chi connectivity index (χ0) is 15.1. The van der Waals surface area contributed by atoms with E-state index in [1.165, 1.54) is 32.1 Å². The number of rotatable bonds is 8. The van der Waals surface area contributed by atoms with Crippen LogP contribution in [0.15, 0.2) is 16.7 Å². The van der Waals surface area contributed by atoms with Gasteiger partial charge in [0.2, 0.25) is 5.89 Å². The summed E-state index contributed by atoms with van der Waals surface area (Å²) >= 11 is 0. The molecule has 2 heterocycles. The number of nitrogens with two attached hydrogens (primary N) is 1. The van der Waals surface area contributed by atoms with E-state index >= 15 is 0 Å². The van der Waals surface area contributed by atoms with Gasteiger partial charge in [0.25, 0.3) is 5.89 Å². The van der Waals surface area contributed by atoms with Gasteiger partial charge < -0.3 is 10.2 Å². The summed E-state index contributed by atoms with van der Waals surface area (Å²) in [5.41, 5.74) is 8.00. The van der Waals surface area contributed by atoms with E-state index < -0.39 is 0 Å². The largest absolute Gasteiger partial charge is 0.419 e. The molecule has 0 amide bonds. The first-order valence-electron chi connectivity index (χ1n) is 7.75. The van der Waals surface area contributed by atoms with Gasteiger partial charge in [-0.2, -0.15) is 0 Å². The number of pyridine rings is 1. The maximum absolute atomic E-state index is 5.70. The lowest BCUT2D eigenvalue weighted by atomic mass is 10.1. The first kappa shape index (κ1) is 15.5. The van der Waals surface area contributed by atoms with Crippen LogP contribution in [0.2, 0.25) is 0 Å². The van der Waals surface area contributed by atoms with Crippen molar-refractivity contribution in [1.82, 2.24) is 15.2 Å². The highest BCUT2D eigenvalue weighted by Gasteiger charge is 2.12. The van der Waals surface area contributed by atoms with Gasteiger partial charge in [-0.1, -0.05) is 39.0 Å². The summed E-state index contributed by atoms with van der Waals surface area (Å²) in [6.07, 6.45) is 9.98. The smallest absolute Gasteiger partial charge is 0.266 e. The van der Waals surface area contributed by atoms with E-state index in [0.717, 1.165) is 18.4 Å². The third kappa shape index (κ3) is 4.55. The minimum absolute atomic E-state index is 0.480. The highest BCUT2D eigenvalue weighted by Crippen LogP contribution is 2.21. The maximum Gasteiger partial charge on any atom is 0.266 e. The van der Waals surface area contributed by atoms with Gasteiger partial charge in [0, 0.05) is 6.42 Å². The van der Waals surface area contributed by atoms with Crippen LogP contribution in [0, 0.1) is 6.92 Å². The van der Waals surface area contributed by atoms with Crippen LogP contribution in [0.1, 0.15) is 56.9 Å². The topological polar surface area (TPSA) is 77.8 Å². The Labute approximate surface area is 126 Å². The molecule has 0 saturated carbocycles. The highest BCUT2D eigenvalue weighted by atomic mass is 16.4. The molecule has 0 atom stereocenters. The minimum Gasteiger partial charge on any atom is -0.419 e. The SMILES string of the molecule is CCCCCCCCc1nnc(-c2ncc(N)cc2C)o1. The van der Waals surface area contributed by atoms with Crippen molar-refractivity contribution in [2.24, 2.45) is 0 Å². The molecule has 21 heavy (non-hydrogen) atoms. The molecule has 0 saturated heterocycles. The van der Waals surface area contributed by atoms with Crippen molar-refractivity contribution in [3.8, 4) is 11.6 Å². The van der Waals surface area contributed by atoms with Crippen molar-refractivity contribution in [3.63, 3.8) is 0 Å². The number of hydrogen-bond acceptors (Lipinski definition) is 5. The standard InChI is InChI=1S/C16H24N4O/c1-3-4-5-6-7-8-9-14-19-20-16(21-14)15-12(2)10-13(17)11-18-15/h10-11H,3-9,17H2,1-2H3. The molecule has 114 valence electrons. The molecule has 0 spiro atoms. The normalized spacial score (nSPS) is 11.0. The van der Waals surface area contributed by atoms with Crippen molar-refractivity contribution in [3.05, 3.63) is 23.7 Å². The van der Waals surface area contributed by atoms with E-state index in [4.69, 9.17) is 10.2 Å². The number of nitrogens with zero attached hydrogens (tertiary/aromatic N) is 3. The van der Waals surface area contributed by atoms with Crippen LogP contribution in [0.4, 0.5) is 5.69 Å². The van der Waals surface area contributed by atoms with Crippen LogP contribution in [-0.4, -0.2) is 15.2 Å². The van der Waals surface area contributed by atoms with Crippen molar-refractivity contribution >= 4 is 5.69 Å². The fourth-order valence-electron chi connectivity index (χ4n) is 2.33. The first-order valence-corrected chi connectivity index (χ1v) is 7.75. The molecular formula is C16H24N4O. The van der Waals surface area contributed by atoms with Gasteiger partial charge in [-0.25, -0.2) is 4.98 Å². The van der Waals surface area contributed by atoms with Gasteiger partial charge >= 0.3 is 0 Å². The zero-order valence-electron chi connectivity index (χ0n) is 12.9. The van der Waals surface area contributed by atoms with E-state index in [9.17, 15) is 0 Å². The maximum atomic E-state index is 5.70.